The Hall–Kier alpha value is -1.27. The molecule has 1 heterocycles. The van der Waals surface area contributed by atoms with Crippen LogP contribution in [0.5, 0.6) is 0 Å². The average molecular weight is 331 g/mol. The molecule has 0 radical (unpaired) electrons. The average Bonchev–Trinajstić information content (AvgIpc) is 2.87. The van der Waals surface area contributed by atoms with Gasteiger partial charge in [0.15, 0.2) is 0 Å². The summed E-state index contributed by atoms with van der Waals surface area (Å²) in [7, 11) is 0. The smallest absolute Gasteiger partial charge is 0.145 e. The van der Waals surface area contributed by atoms with E-state index in [0.717, 1.165) is 0 Å². The highest BCUT2D eigenvalue weighted by atomic mass is 79.9. The number of halogens is 3. The molecule has 0 aliphatic carbocycles. The molecule has 0 aliphatic rings. The molecule has 1 N–H and O–H groups in total. The van der Waals surface area contributed by atoms with Crippen LogP contribution in [0.25, 0.3) is 0 Å². The topological polar surface area (TPSA) is 38.1 Å². The molecule has 0 saturated heterocycles. The van der Waals surface area contributed by atoms with Crippen molar-refractivity contribution >= 4 is 15.9 Å². The molecule has 0 saturated carbocycles. The second-order valence-electron chi connectivity index (χ2n) is 4.22. The second kappa shape index (κ2) is 5.79. The van der Waals surface area contributed by atoms with E-state index in [4.69, 9.17) is 0 Å². The Morgan fingerprint density at radius 1 is 1.42 bits per heavy atom. The molecular formula is C13H13BrF2N2O. The van der Waals surface area contributed by atoms with Gasteiger partial charge in [0.2, 0.25) is 0 Å². The minimum atomic E-state index is -0.631. The monoisotopic (exact) mass is 330 g/mol. The number of aliphatic hydroxyl groups is 1. The van der Waals surface area contributed by atoms with Gasteiger partial charge in [0.25, 0.3) is 0 Å². The quantitative estimate of drug-likeness (QED) is 0.872. The summed E-state index contributed by atoms with van der Waals surface area (Å²) in [6, 6.07) is 2.53. The van der Waals surface area contributed by atoms with E-state index in [1.165, 1.54) is 23.0 Å². The number of hydrogen-bond donors (Lipinski definition) is 1. The number of hydrogen-bond acceptors (Lipinski definition) is 2. The molecule has 0 fully saturated rings. The minimum Gasteiger partial charge on any atom is -0.388 e. The van der Waals surface area contributed by atoms with E-state index < -0.39 is 17.7 Å². The molecule has 3 nitrogen and oxygen atoms in total. The SMILES string of the molecule is CCC(O)c1cnn(Cc2c(F)ccc(Br)c2F)c1. The third-order valence-electron chi connectivity index (χ3n) is 2.88. The van der Waals surface area contributed by atoms with Crippen LogP contribution in [0.2, 0.25) is 0 Å². The maximum atomic E-state index is 13.8. The maximum Gasteiger partial charge on any atom is 0.145 e. The van der Waals surface area contributed by atoms with Crippen LogP contribution < -0.4 is 0 Å². The summed E-state index contributed by atoms with van der Waals surface area (Å²) in [6.45, 7) is 1.82. The number of rotatable bonds is 4. The Balaban J connectivity index is 2.27. The van der Waals surface area contributed by atoms with E-state index in [-0.39, 0.29) is 16.6 Å². The van der Waals surface area contributed by atoms with Crippen molar-refractivity contribution in [2.75, 3.05) is 0 Å². The van der Waals surface area contributed by atoms with E-state index in [0.29, 0.717) is 12.0 Å². The van der Waals surface area contributed by atoms with Crippen LogP contribution >= 0.6 is 15.9 Å². The fourth-order valence-corrected chi connectivity index (χ4v) is 2.12. The van der Waals surface area contributed by atoms with Gasteiger partial charge in [-0.2, -0.15) is 5.10 Å². The van der Waals surface area contributed by atoms with Crippen molar-refractivity contribution in [1.29, 1.82) is 0 Å². The number of benzene rings is 1. The van der Waals surface area contributed by atoms with Gasteiger partial charge in [-0.15, -0.1) is 0 Å². The molecule has 2 aromatic rings. The third-order valence-corrected chi connectivity index (χ3v) is 3.50. The van der Waals surface area contributed by atoms with Gasteiger partial charge in [0.05, 0.1) is 23.3 Å². The lowest BCUT2D eigenvalue weighted by molar-refractivity contribution is 0.173. The van der Waals surface area contributed by atoms with Crippen molar-refractivity contribution in [1.82, 2.24) is 9.78 Å². The lowest BCUT2D eigenvalue weighted by Crippen LogP contribution is -2.05. The highest BCUT2D eigenvalue weighted by Crippen LogP contribution is 2.23. The van der Waals surface area contributed by atoms with Gasteiger partial charge < -0.3 is 5.11 Å². The van der Waals surface area contributed by atoms with Gasteiger partial charge in [0, 0.05) is 17.3 Å². The Kier molecular flexibility index (Phi) is 4.31. The van der Waals surface area contributed by atoms with E-state index in [1.807, 2.05) is 6.92 Å². The molecule has 1 atom stereocenters. The first-order valence-corrected chi connectivity index (χ1v) is 6.65. The van der Waals surface area contributed by atoms with Gasteiger partial charge in [-0.05, 0) is 34.5 Å². The highest BCUT2D eigenvalue weighted by molar-refractivity contribution is 9.10. The normalized spacial score (nSPS) is 12.7. The van der Waals surface area contributed by atoms with Crippen LogP contribution in [-0.2, 0) is 6.54 Å². The number of nitrogens with zero attached hydrogens (tertiary/aromatic N) is 2. The summed E-state index contributed by atoms with van der Waals surface area (Å²) in [6.07, 6.45) is 3.05. The second-order valence-corrected chi connectivity index (χ2v) is 5.07. The molecule has 0 aliphatic heterocycles. The Morgan fingerprint density at radius 2 is 2.16 bits per heavy atom. The summed E-state index contributed by atoms with van der Waals surface area (Å²) >= 11 is 3.02. The van der Waals surface area contributed by atoms with Crippen LogP contribution in [0.4, 0.5) is 8.78 Å². The van der Waals surface area contributed by atoms with Crippen LogP contribution in [0.1, 0.15) is 30.6 Å². The maximum absolute atomic E-state index is 13.8. The zero-order valence-corrected chi connectivity index (χ0v) is 11.9. The first-order chi connectivity index (χ1) is 9.02. The van der Waals surface area contributed by atoms with Crippen LogP contribution in [0.15, 0.2) is 29.0 Å². The Labute approximate surface area is 118 Å². The lowest BCUT2D eigenvalue weighted by atomic mass is 10.1. The predicted molar refractivity (Wildman–Crippen MR) is 70.6 cm³/mol. The van der Waals surface area contributed by atoms with Crippen LogP contribution in [-0.4, -0.2) is 14.9 Å². The molecule has 19 heavy (non-hydrogen) atoms. The van der Waals surface area contributed by atoms with E-state index in [2.05, 4.69) is 21.0 Å². The molecule has 0 amide bonds. The summed E-state index contributed by atoms with van der Waals surface area (Å²) in [5.41, 5.74) is 0.577. The molecule has 1 unspecified atom stereocenters. The van der Waals surface area contributed by atoms with Crippen molar-refractivity contribution in [3.8, 4) is 0 Å². The zero-order chi connectivity index (χ0) is 14.0. The van der Waals surface area contributed by atoms with E-state index in [1.54, 1.807) is 6.20 Å². The fraction of sp³-hybridized carbons (Fsp3) is 0.308. The molecule has 1 aromatic heterocycles. The summed E-state index contributed by atoms with van der Waals surface area (Å²) in [5.74, 6) is -1.25. The molecule has 102 valence electrons. The first-order valence-electron chi connectivity index (χ1n) is 5.85. The predicted octanol–water partition coefficient (Wildman–Crippen LogP) is 3.42. The van der Waals surface area contributed by atoms with Gasteiger partial charge in [-0.3, -0.25) is 4.68 Å². The van der Waals surface area contributed by atoms with Gasteiger partial charge in [0.1, 0.15) is 11.6 Å². The van der Waals surface area contributed by atoms with Crippen molar-refractivity contribution in [2.24, 2.45) is 0 Å². The summed E-state index contributed by atoms with van der Waals surface area (Å²) < 4.78 is 29.0. The molecular weight excluding hydrogens is 318 g/mol. The Bertz CT molecular complexity index is 586. The van der Waals surface area contributed by atoms with E-state index in [9.17, 15) is 13.9 Å². The molecule has 0 spiro atoms. The minimum absolute atomic E-state index is 0.0203. The fourth-order valence-electron chi connectivity index (χ4n) is 1.75. The van der Waals surface area contributed by atoms with Gasteiger partial charge in [-0.25, -0.2) is 8.78 Å². The number of aliphatic hydroxyl groups excluding tert-OH is 1. The molecule has 2 rings (SSSR count). The van der Waals surface area contributed by atoms with E-state index >= 15 is 0 Å². The Morgan fingerprint density at radius 3 is 2.84 bits per heavy atom. The first kappa shape index (κ1) is 14.1. The summed E-state index contributed by atoms with van der Waals surface area (Å²) in [5, 5.41) is 13.7. The molecule has 6 heteroatoms. The molecule has 0 bridgehead atoms. The van der Waals surface area contributed by atoms with Gasteiger partial charge >= 0.3 is 0 Å². The highest BCUT2D eigenvalue weighted by Gasteiger charge is 2.14. The van der Waals surface area contributed by atoms with Crippen molar-refractivity contribution < 1.29 is 13.9 Å². The largest absolute Gasteiger partial charge is 0.388 e. The van der Waals surface area contributed by atoms with Crippen LogP contribution in [0, 0.1) is 11.6 Å². The summed E-state index contributed by atoms with van der Waals surface area (Å²) in [4.78, 5) is 0. The van der Waals surface area contributed by atoms with Crippen molar-refractivity contribution in [2.45, 2.75) is 26.0 Å². The third kappa shape index (κ3) is 3.01. The zero-order valence-electron chi connectivity index (χ0n) is 10.3. The van der Waals surface area contributed by atoms with Crippen molar-refractivity contribution in [3.63, 3.8) is 0 Å². The van der Waals surface area contributed by atoms with Crippen LogP contribution in [0.3, 0.4) is 0 Å². The lowest BCUT2D eigenvalue weighted by Gasteiger charge is -2.07. The number of aromatic nitrogens is 2. The molecule has 1 aromatic carbocycles. The standard InChI is InChI=1S/C13H13BrF2N2O/c1-2-12(19)8-5-17-18(6-8)7-9-11(15)4-3-10(14)13(9)16/h3-6,12,19H,2,7H2,1H3. The van der Waals surface area contributed by atoms with Gasteiger partial charge in [-0.1, -0.05) is 6.92 Å². The van der Waals surface area contributed by atoms with Crippen molar-refractivity contribution in [3.05, 3.63) is 51.8 Å².